The van der Waals surface area contributed by atoms with Crippen LogP contribution in [0.5, 0.6) is 0 Å². The molecule has 11 heteroatoms. The minimum atomic E-state index is -0.466. The van der Waals surface area contributed by atoms with Crippen molar-refractivity contribution in [3.05, 3.63) is 47.5 Å². The molecular formula is C23H24N6O3S2. The summed E-state index contributed by atoms with van der Waals surface area (Å²) in [7, 11) is 0. The van der Waals surface area contributed by atoms with E-state index >= 15 is 0 Å². The summed E-state index contributed by atoms with van der Waals surface area (Å²) in [5.41, 5.74) is 2.93. The number of carbonyl (C=O) groups excluding carboxylic acids is 2. The molecule has 176 valence electrons. The molecule has 9 nitrogen and oxygen atoms in total. The van der Waals surface area contributed by atoms with Crippen molar-refractivity contribution in [2.45, 2.75) is 44.1 Å². The molecule has 0 saturated heterocycles. The number of aromatic nitrogens is 5. The third kappa shape index (κ3) is 4.66. The van der Waals surface area contributed by atoms with Crippen molar-refractivity contribution in [2.75, 3.05) is 11.9 Å². The molecule has 0 unspecified atom stereocenters. The summed E-state index contributed by atoms with van der Waals surface area (Å²) in [6, 6.07) is 7.92. The molecule has 1 aromatic carbocycles. The van der Waals surface area contributed by atoms with Gasteiger partial charge in [0.25, 0.3) is 0 Å². The van der Waals surface area contributed by atoms with Crippen LogP contribution in [0, 0.1) is 6.92 Å². The third-order valence-electron chi connectivity index (χ3n) is 5.06. The second kappa shape index (κ2) is 10.3. The number of para-hydroxylation sites is 1. The van der Waals surface area contributed by atoms with Gasteiger partial charge in [0.15, 0.2) is 10.8 Å². The topological polar surface area (TPSA) is 112 Å². The summed E-state index contributed by atoms with van der Waals surface area (Å²) >= 11 is 2.34. The van der Waals surface area contributed by atoms with Gasteiger partial charge < -0.3 is 14.6 Å². The number of thioether (sulfide) groups is 1. The fraction of sp³-hybridized carbons (Fsp3) is 0.304. The van der Waals surface area contributed by atoms with Gasteiger partial charge in [-0.1, -0.05) is 54.3 Å². The lowest BCUT2D eigenvalue weighted by molar-refractivity contribution is -0.115. The number of esters is 1. The fourth-order valence-corrected chi connectivity index (χ4v) is 5.20. The van der Waals surface area contributed by atoms with Crippen LogP contribution < -0.4 is 5.32 Å². The predicted molar refractivity (Wildman–Crippen MR) is 134 cm³/mol. The van der Waals surface area contributed by atoms with Crippen molar-refractivity contribution in [3.63, 3.8) is 0 Å². The number of hydrogen-bond donors (Lipinski definition) is 1. The maximum absolute atomic E-state index is 13.0. The smallest absolute Gasteiger partial charge is 0.350 e. The molecule has 1 N–H and O–H groups in total. The first-order valence-corrected chi connectivity index (χ1v) is 12.5. The van der Waals surface area contributed by atoms with E-state index < -0.39 is 11.2 Å². The highest BCUT2D eigenvalue weighted by Crippen LogP contribution is 2.30. The van der Waals surface area contributed by atoms with Gasteiger partial charge in [-0.2, -0.15) is 0 Å². The largest absolute Gasteiger partial charge is 0.462 e. The van der Waals surface area contributed by atoms with E-state index in [0.717, 1.165) is 22.2 Å². The molecule has 3 aromatic heterocycles. The van der Waals surface area contributed by atoms with Gasteiger partial charge in [-0.25, -0.2) is 14.8 Å². The SMILES string of the molecule is C=CCn1c2ccccc2c2nnc(S[C@@H](CC)C(=O)Nc3nc(C)c(C(=O)OCC)s3)nc21. The highest BCUT2D eigenvalue weighted by Gasteiger charge is 2.24. The van der Waals surface area contributed by atoms with Gasteiger partial charge in [-0.05, 0) is 26.3 Å². The Labute approximate surface area is 204 Å². The Morgan fingerprint density at radius 3 is 2.79 bits per heavy atom. The number of benzene rings is 1. The van der Waals surface area contributed by atoms with Crippen LogP contribution >= 0.6 is 23.1 Å². The Kier molecular flexibility index (Phi) is 7.23. The van der Waals surface area contributed by atoms with Gasteiger partial charge in [0, 0.05) is 11.9 Å². The summed E-state index contributed by atoms with van der Waals surface area (Å²) in [6.07, 6.45) is 2.35. The summed E-state index contributed by atoms with van der Waals surface area (Å²) in [6.45, 7) is 10.1. The lowest BCUT2D eigenvalue weighted by Crippen LogP contribution is -2.24. The lowest BCUT2D eigenvalue weighted by atomic mass is 10.2. The zero-order chi connectivity index (χ0) is 24.2. The Hall–Kier alpha value is -3.31. The highest BCUT2D eigenvalue weighted by atomic mass is 32.2. The number of nitrogens with zero attached hydrogens (tertiary/aromatic N) is 5. The van der Waals surface area contributed by atoms with Crippen molar-refractivity contribution >= 4 is 62.2 Å². The number of thiazole rings is 1. The number of fused-ring (bicyclic) bond motifs is 3. The quantitative estimate of drug-likeness (QED) is 0.203. The molecule has 1 atom stereocenters. The molecular weight excluding hydrogens is 472 g/mol. The Morgan fingerprint density at radius 1 is 1.26 bits per heavy atom. The molecule has 0 bridgehead atoms. The van der Waals surface area contributed by atoms with E-state index in [0.29, 0.717) is 45.0 Å². The number of carbonyl (C=O) groups is 2. The summed E-state index contributed by atoms with van der Waals surface area (Å²) in [4.78, 5) is 34.4. The second-order valence-electron chi connectivity index (χ2n) is 7.34. The zero-order valence-corrected chi connectivity index (χ0v) is 20.7. The van der Waals surface area contributed by atoms with Crippen LogP contribution in [0.2, 0.25) is 0 Å². The average molecular weight is 497 g/mol. The molecule has 34 heavy (non-hydrogen) atoms. The number of allylic oxidation sites excluding steroid dienone is 1. The Balaban J connectivity index is 1.57. The summed E-state index contributed by atoms with van der Waals surface area (Å²) < 4.78 is 7.08. The number of amides is 1. The molecule has 0 spiro atoms. The maximum Gasteiger partial charge on any atom is 0.350 e. The first-order valence-electron chi connectivity index (χ1n) is 10.8. The van der Waals surface area contributed by atoms with Crippen LogP contribution in [0.1, 0.15) is 35.6 Å². The van der Waals surface area contributed by atoms with Crippen LogP contribution in [0.4, 0.5) is 5.13 Å². The minimum absolute atomic E-state index is 0.244. The molecule has 0 aliphatic rings. The molecule has 4 aromatic rings. The van der Waals surface area contributed by atoms with Gasteiger partial charge in [0.1, 0.15) is 10.4 Å². The minimum Gasteiger partial charge on any atom is -0.462 e. The van der Waals surface area contributed by atoms with E-state index in [9.17, 15) is 9.59 Å². The lowest BCUT2D eigenvalue weighted by Gasteiger charge is -2.12. The molecule has 4 rings (SSSR count). The van der Waals surface area contributed by atoms with Crippen molar-refractivity contribution in [1.29, 1.82) is 0 Å². The number of aryl methyl sites for hydroxylation is 1. The normalized spacial score (nSPS) is 12.1. The number of anilines is 1. The second-order valence-corrected chi connectivity index (χ2v) is 9.51. The van der Waals surface area contributed by atoms with Crippen LogP contribution in [-0.4, -0.2) is 48.5 Å². The van der Waals surface area contributed by atoms with E-state index in [-0.39, 0.29) is 12.5 Å². The third-order valence-corrected chi connectivity index (χ3v) is 7.33. The van der Waals surface area contributed by atoms with E-state index in [2.05, 4.69) is 27.1 Å². The number of ether oxygens (including phenoxy) is 1. The molecule has 0 saturated carbocycles. The summed E-state index contributed by atoms with van der Waals surface area (Å²) in [5.74, 6) is -0.686. The number of hydrogen-bond acceptors (Lipinski definition) is 9. The van der Waals surface area contributed by atoms with Gasteiger partial charge in [0.05, 0.1) is 23.1 Å². The Morgan fingerprint density at radius 2 is 2.06 bits per heavy atom. The molecule has 0 aliphatic carbocycles. The van der Waals surface area contributed by atoms with Crippen molar-refractivity contribution in [1.82, 2.24) is 24.7 Å². The molecule has 0 fully saturated rings. The highest BCUT2D eigenvalue weighted by molar-refractivity contribution is 8.00. The molecule has 1 amide bonds. The van der Waals surface area contributed by atoms with E-state index in [4.69, 9.17) is 9.72 Å². The van der Waals surface area contributed by atoms with E-state index in [1.54, 1.807) is 13.8 Å². The van der Waals surface area contributed by atoms with Crippen molar-refractivity contribution in [3.8, 4) is 0 Å². The maximum atomic E-state index is 13.0. The monoisotopic (exact) mass is 496 g/mol. The molecule has 0 aliphatic heterocycles. The number of rotatable bonds is 9. The van der Waals surface area contributed by atoms with E-state index in [1.807, 2.05) is 41.8 Å². The van der Waals surface area contributed by atoms with Crippen molar-refractivity contribution < 1.29 is 14.3 Å². The van der Waals surface area contributed by atoms with Crippen LogP contribution in [0.15, 0.2) is 42.1 Å². The fourth-order valence-electron chi connectivity index (χ4n) is 3.52. The molecule has 0 radical (unpaired) electrons. The van der Waals surface area contributed by atoms with Gasteiger partial charge in [-0.3, -0.25) is 4.79 Å². The first kappa shape index (κ1) is 23.8. The van der Waals surface area contributed by atoms with Crippen LogP contribution in [0.3, 0.4) is 0 Å². The summed E-state index contributed by atoms with van der Waals surface area (Å²) in [5, 5.41) is 12.8. The van der Waals surface area contributed by atoms with Gasteiger partial charge >= 0.3 is 5.97 Å². The zero-order valence-electron chi connectivity index (χ0n) is 19.1. The predicted octanol–water partition coefficient (Wildman–Crippen LogP) is 4.62. The van der Waals surface area contributed by atoms with E-state index in [1.165, 1.54) is 11.8 Å². The molecule has 3 heterocycles. The average Bonchev–Trinajstić information content (AvgIpc) is 3.35. The number of nitrogens with one attached hydrogen (secondary N) is 1. The standard InChI is InChI=1S/C23H24N6O3S2/c1-5-12-29-15-11-9-8-10-14(15)17-19(29)25-23(28-27-17)33-16(6-2)20(30)26-22-24-13(4)18(34-22)21(31)32-7-3/h5,8-11,16H,1,6-7,12H2,2-4H3,(H,24,26,30)/t16-/m0/s1. The van der Waals surface area contributed by atoms with Crippen LogP contribution in [-0.2, 0) is 16.1 Å². The Bertz CT molecular complexity index is 1380. The first-order chi connectivity index (χ1) is 16.5. The van der Waals surface area contributed by atoms with Gasteiger partial charge in [-0.15, -0.1) is 16.8 Å². The van der Waals surface area contributed by atoms with Crippen molar-refractivity contribution in [2.24, 2.45) is 0 Å². The van der Waals surface area contributed by atoms with Crippen LogP contribution in [0.25, 0.3) is 22.1 Å². The van der Waals surface area contributed by atoms with Gasteiger partial charge in [0.2, 0.25) is 11.1 Å².